The smallest absolute Gasteiger partial charge is 0.350 e. The van der Waals surface area contributed by atoms with Gasteiger partial charge in [-0.1, -0.05) is 0 Å². The number of thioether (sulfide) groups is 1. The van der Waals surface area contributed by atoms with Gasteiger partial charge in [-0.05, 0) is 37.4 Å². The second-order valence-corrected chi connectivity index (χ2v) is 4.14. The molecule has 0 aliphatic rings. The first-order chi connectivity index (χ1) is 8.71. The summed E-state index contributed by atoms with van der Waals surface area (Å²) in [7, 11) is 0. The van der Waals surface area contributed by atoms with Crippen molar-refractivity contribution in [2.24, 2.45) is 0 Å². The number of rotatable bonds is 5. The molecule has 5 heteroatoms. The van der Waals surface area contributed by atoms with E-state index in [2.05, 4.69) is 5.32 Å². The van der Waals surface area contributed by atoms with Crippen molar-refractivity contribution < 1.29 is 9.53 Å². The van der Waals surface area contributed by atoms with E-state index >= 15 is 0 Å². The second-order valence-electron chi connectivity index (χ2n) is 3.26. The summed E-state index contributed by atoms with van der Waals surface area (Å²) in [5.74, 6) is -0.617. The number of carbonyl (C=O) groups excluding carboxylic acids is 1. The van der Waals surface area contributed by atoms with Crippen LogP contribution in [0.25, 0.3) is 0 Å². The average Bonchev–Trinajstić information content (AvgIpc) is 2.40. The van der Waals surface area contributed by atoms with Gasteiger partial charge in [0.2, 0.25) is 0 Å². The highest BCUT2D eigenvalue weighted by Gasteiger charge is 2.08. The highest BCUT2D eigenvalue weighted by molar-refractivity contribution is 7.98. The van der Waals surface area contributed by atoms with Gasteiger partial charge in [0, 0.05) is 16.8 Å². The summed E-state index contributed by atoms with van der Waals surface area (Å²) in [5.41, 5.74) is 0.760. The lowest BCUT2D eigenvalue weighted by Crippen LogP contribution is -2.07. The summed E-state index contributed by atoms with van der Waals surface area (Å²) >= 11 is 1.65. The Kier molecular flexibility index (Phi) is 5.81. The number of benzene rings is 1. The highest BCUT2D eigenvalue weighted by atomic mass is 32.2. The molecule has 0 saturated carbocycles. The van der Waals surface area contributed by atoms with Crippen molar-refractivity contribution in [3.05, 3.63) is 36.0 Å². The van der Waals surface area contributed by atoms with Gasteiger partial charge in [-0.3, -0.25) is 0 Å². The van der Waals surface area contributed by atoms with Gasteiger partial charge < -0.3 is 10.1 Å². The summed E-state index contributed by atoms with van der Waals surface area (Å²) < 4.78 is 4.75. The highest BCUT2D eigenvalue weighted by Crippen LogP contribution is 2.17. The lowest BCUT2D eigenvalue weighted by Gasteiger charge is -2.03. The predicted octanol–water partition coefficient (Wildman–Crippen LogP) is 2.79. The van der Waals surface area contributed by atoms with Gasteiger partial charge in [-0.15, -0.1) is 11.8 Å². The Labute approximate surface area is 111 Å². The summed E-state index contributed by atoms with van der Waals surface area (Å²) in [4.78, 5) is 12.5. The quantitative estimate of drug-likeness (QED) is 0.382. The molecule has 0 heterocycles. The van der Waals surface area contributed by atoms with Crippen molar-refractivity contribution >= 4 is 23.4 Å². The van der Waals surface area contributed by atoms with Crippen LogP contribution in [0.3, 0.4) is 0 Å². The molecule has 0 radical (unpaired) electrons. The number of carbonyl (C=O) groups is 1. The lowest BCUT2D eigenvalue weighted by atomic mass is 10.3. The molecule has 0 aliphatic carbocycles. The Hall–Kier alpha value is -1.93. The predicted molar refractivity (Wildman–Crippen MR) is 72.2 cm³/mol. The third-order valence-corrected chi connectivity index (χ3v) is 2.83. The van der Waals surface area contributed by atoms with Crippen LogP contribution in [0.4, 0.5) is 5.69 Å². The molecule has 0 fully saturated rings. The zero-order chi connectivity index (χ0) is 13.4. The molecular formula is C13H14N2O2S. The van der Waals surface area contributed by atoms with Gasteiger partial charge in [-0.2, -0.15) is 5.26 Å². The van der Waals surface area contributed by atoms with Crippen LogP contribution < -0.4 is 5.32 Å². The number of hydrogen-bond acceptors (Lipinski definition) is 5. The first-order valence-corrected chi connectivity index (χ1v) is 6.61. The molecule has 1 aromatic rings. The van der Waals surface area contributed by atoms with Crippen molar-refractivity contribution in [3.8, 4) is 6.07 Å². The van der Waals surface area contributed by atoms with E-state index in [1.54, 1.807) is 24.8 Å². The molecule has 0 saturated heterocycles. The molecular weight excluding hydrogens is 248 g/mol. The lowest BCUT2D eigenvalue weighted by molar-refractivity contribution is -0.138. The molecule has 0 atom stereocenters. The Morgan fingerprint density at radius 1 is 1.50 bits per heavy atom. The fourth-order valence-electron chi connectivity index (χ4n) is 1.19. The molecule has 1 N–H and O–H groups in total. The molecule has 4 nitrogen and oxygen atoms in total. The molecule has 1 rings (SSSR count). The van der Waals surface area contributed by atoms with E-state index in [1.165, 1.54) is 6.20 Å². The van der Waals surface area contributed by atoms with Crippen molar-refractivity contribution in [3.63, 3.8) is 0 Å². The number of anilines is 1. The zero-order valence-electron chi connectivity index (χ0n) is 10.3. The van der Waals surface area contributed by atoms with Gasteiger partial charge in [0.15, 0.2) is 5.57 Å². The van der Waals surface area contributed by atoms with E-state index in [-0.39, 0.29) is 12.2 Å². The summed E-state index contributed by atoms with van der Waals surface area (Å²) in [5, 5.41) is 11.7. The van der Waals surface area contributed by atoms with Gasteiger partial charge >= 0.3 is 5.97 Å². The Morgan fingerprint density at radius 2 is 2.17 bits per heavy atom. The van der Waals surface area contributed by atoms with Crippen LogP contribution in [0.5, 0.6) is 0 Å². The van der Waals surface area contributed by atoms with E-state index in [0.717, 1.165) is 10.6 Å². The topological polar surface area (TPSA) is 62.1 Å². The first kappa shape index (κ1) is 14.1. The molecule has 0 bridgehead atoms. The molecule has 94 valence electrons. The number of ether oxygens (including phenoxy) is 1. The van der Waals surface area contributed by atoms with Crippen LogP contribution in [-0.4, -0.2) is 18.8 Å². The standard InChI is InChI=1S/C13H14N2O2S/c1-3-17-13(16)10(8-14)9-15-11-4-6-12(18-2)7-5-11/h4-7,9,15H,3H2,1-2H3/b10-9+. The van der Waals surface area contributed by atoms with Gasteiger partial charge in [-0.25, -0.2) is 4.79 Å². The maximum Gasteiger partial charge on any atom is 0.350 e. The molecule has 1 aromatic carbocycles. The Balaban J connectivity index is 2.71. The zero-order valence-corrected chi connectivity index (χ0v) is 11.1. The van der Waals surface area contributed by atoms with E-state index in [9.17, 15) is 4.79 Å². The number of nitriles is 1. The minimum absolute atomic E-state index is 0.0502. The Morgan fingerprint density at radius 3 is 2.67 bits per heavy atom. The van der Waals surface area contributed by atoms with Crippen LogP contribution in [0, 0.1) is 11.3 Å². The van der Waals surface area contributed by atoms with Gasteiger partial charge in [0.1, 0.15) is 6.07 Å². The maximum absolute atomic E-state index is 11.3. The molecule has 0 aliphatic heterocycles. The van der Waals surface area contributed by atoms with Crippen LogP contribution in [-0.2, 0) is 9.53 Å². The number of esters is 1. The van der Waals surface area contributed by atoms with Crippen LogP contribution in [0.2, 0.25) is 0 Å². The average molecular weight is 262 g/mol. The van der Waals surface area contributed by atoms with Crippen LogP contribution >= 0.6 is 11.8 Å². The van der Waals surface area contributed by atoms with E-state index < -0.39 is 5.97 Å². The number of nitrogens with one attached hydrogen (secondary N) is 1. The molecule has 18 heavy (non-hydrogen) atoms. The van der Waals surface area contributed by atoms with Gasteiger partial charge in [0.25, 0.3) is 0 Å². The first-order valence-electron chi connectivity index (χ1n) is 5.39. The third-order valence-electron chi connectivity index (χ3n) is 2.09. The summed E-state index contributed by atoms with van der Waals surface area (Å²) in [6.07, 6.45) is 3.35. The van der Waals surface area contributed by atoms with Crippen molar-refractivity contribution in [1.82, 2.24) is 0 Å². The summed E-state index contributed by atoms with van der Waals surface area (Å²) in [6.45, 7) is 1.95. The number of nitrogens with zero attached hydrogens (tertiary/aromatic N) is 1. The van der Waals surface area contributed by atoms with Gasteiger partial charge in [0.05, 0.1) is 6.61 Å². The molecule has 0 spiro atoms. The summed E-state index contributed by atoms with van der Waals surface area (Å²) in [6, 6.07) is 9.47. The molecule has 0 unspecified atom stereocenters. The minimum atomic E-state index is -0.617. The normalized spacial score (nSPS) is 10.6. The van der Waals surface area contributed by atoms with E-state index in [0.29, 0.717) is 0 Å². The Bertz CT molecular complexity index is 475. The van der Waals surface area contributed by atoms with Crippen molar-refractivity contribution in [1.29, 1.82) is 5.26 Å². The molecule has 0 amide bonds. The third kappa shape index (κ3) is 4.15. The van der Waals surface area contributed by atoms with Crippen molar-refractivity contribution in [2.45, 2.75) is 11.8 Å². The minimum Gasteiger partial charge on any atom is -0.462 e. The largest absolute Gasteiger partial charge is 0.462 e. The van der Waals surface area contributed by atoms with Crippen molar-refractivity contribution in [2.75, 3.05) is 18.2 Å². The fourth-order valence-corrected chi connectivity index (χ4v) is 1.60. The fraction of sp³-hybridized carbons (Fsp3) is 0.231. The van der Waals surface area contributed by atoms with Crippen LogP contribution in [0.15, 0.2) is 40.9 Å². The second kappa shape index (κ2) is 7.41. The van der Waals surface area contributed by atoms with E-state index in [1.807, 2.05) is 30.5 Å². The van der Waals surface area contributed by atoms with Crippen LogP contribution in [0.1, 0.15) is 6.92 Å². The monoisotopic (exact) mass is 262 g/mol. The van der Waals surface area contributed by atoms with E-state index in [4.69, 9.17) is 10.00 Å². The molecule has 0 aromatic heterocycles. The maximum atomic E-state index is 11.3. The SMILES string of the molecule is CCOC(=O)/C(C#N)=C/Nc1ccc(SC)cc1. The number of hydrogen-bond donors (Lipinski definition) is 1.